The van der Waals surface area contributed by atoms with E-state index in [1.165, 1.54) is 23.5 Å². The van der Waals surface area contributed by atoms with Crippen LogP contribution < -0.4 is 10.9 Å². The van der Waals surface area contributed by atoms with Crippen LogP contribution in [0.3, 0.4) is 0 Å². The Morgan fingerprint density at radius 2 is 2.15 bits per heavy atom. The van der Waals surface area contributed by atoms with Gasteiger partial charge in [0, 0.05) is 11.3 Å². The van der Waals surface area contributed by atoms with Crippen molar-refractivity contribution >= 4 is 23.3 Å². The van der Waals surface area contributed by atoms with Crippen molar-refractivity contribution in [1.82, 2.24) is 5.43 Å². The van der Waals surface area contributed by atoms with Gasteiger partial charge in [0.2, 0.25) is 0 Å². The van der Waals surface area contributed by atoms with Crippen molar-refractivity contribution in [2.75, 3.05) is 11.2 Å². The quantitative estimate of drug-likeness (QED) is 0.461. The molecular weight excluding hydrogens is 266 g/mol. The van der Waals surface area contributed by atoms with Gasteiger partial charge in [-0.2, -0.15) is 0 Å². The molecule has 1 aromatic carbocycles. The monoisotopic (exact) mass is 291 g/mol. The maximum Gasteiger partial charge on any atom is 0.115 e. The first-order valence-corrected chi connectivity index (χ1v) is 8.41. The molecule has 1 heterocycles. The van der Waals surface area contributed by atoms with Gasteiger partial charge in [0.15, 0.2) is 0 Å². The molecule has 0 aliphatic carbocycles. The first kappa shape index (κ1) is 15.2. The largest absolute Gasteiger partial charge is 0.300 e. The summed E-state index contributed by atoms with van der Waals surface area (Å²) in [7, 11) is 0. The predicted molar refractivity (Wildman–Crippen MR) is 89.6 cm³/mol. The third-order valence-electron chi connectivity index (χ3n) is 3.36. The zero-order valence-electron chi connectivity index (χ0n) is 12.7. The Bertz CT molecular complexity index is 469. The number of aliphatic imine (C=N–C) groups is 1. The molecule has 2 N–H and O–H groups in total. The van der Waals surface area contributed by atoms with Crippen LogP contribution in [0.5, 0.6) is 0 Å². The van der Waals surface area contributed by atoms with Gasteiger partial charge in [-0.3, -0.25) is 15.8 Å². The number of nitrogens with one attached hydrogen (secondary N) is 2. The van der Waals surface area contributed by atoms with Crippen molar-refractivity contribution in [3.63, 3.8) is 0 Å². The highest BCUT2D eigenvalue weighted by Gasteiger charge is 2.24. The van der Waals surface area contributed by atoms with E-state index in [4.69, 9.17) is 0 Å². The second-order valence-corrected chi connectivity index (χ2v) is 7.02. The van der Waals surface area contributed by atoms with E-state index in [1.807, 2.05) is 11.8 Å². The molecule has 1 aliphatic rings. The minimum Gasteiger partial charge on any atom is -0.300 e. The van der Waals surface area contributed by atoms with E-state index in [-0.39, 0.29) is 5.54 Å². The SMILES string of the molecule is CCCCSc1cccc(NNC2=NC(C)(C)CC2)c1. The molecule has 0 saturated heterocycles. The summed E-state index contributed by atoms with van der Waals surface area (Å²) in [5, 5.41) is 0. The summed E-state index contributed by atoms with van der Waals surface area (Å²) in [5.41, 5.74) is 7.68. The number of hydrogen-bond acceptors (Lipinski definition) is 4. The van der Waals surface area contributed by atoms with E-state index < -0.39 is 0 Å². The first-order valence-electron chi connectivity index (χ1n) is 7.43. The lowest BCUT2D eigenvalue weighted by Crippen LogP contribution is -2.28. The number of unbranched alkanes of at least 4 members (excludes halogenated alkanes) is 1. The third kappa shape index (κ3) is 4.75. The molecule has 0 spiro atoms. The zero-order chi connectivity index (χ0) is 14.4. The molecule has 0 unspecified atom stereocenters. The fourth-order valence-electron chi connectivity index (χ4n) is 2.13. The van der Waals surface area contributed by atoms with Crippen LogP contribution in [0.15, 0.2) is 34.2 Å². The second-order valence-electron chi connectivity index (χ2n) is 5.85. The molecule has 0 aromatic heterocycles. The number of anilines is 1. The Hall–Kier alpha value is -1.16. The Balaban J connectivity index is 1.85. The number of rotatable bonds is 6. The molecule has 0 bridgehead atoms. The minimum atomic E-state index is 0.0852. The topological polar surface area (TPSA) is 36.4 Å². The zero-order valence-corrected chi connectivity index (χ0v) is 13.5. The number of benzene rings is 1. The van der Waals surface area contributed by atoms with E-state index in [1.54, 1.807) is 0 Å². The summed E-state index contributed by atoms with van der Waals surface area (Å²) in [6.45, 7) is 6.58. The van der Waals surface area contributed by atoms with Crippen LogP contribution >= 0.6 is 11.8 Å². The van der Waals surface area contributed by atoms with Crippen LogP contribution in [0.2, 0.25) is 0 Å². The van der Waals surface area contributed by atoms with E-state index in [0.29, 0.717) is 0 Å². The Kier molecular flexibility index (Phi) is 5.35. The van der Waals surface area contributed by atoms with E-state index in [2.05, 4.69) is 60.9 Å². The van der Waals surface area contributed by atoms with Gasteiger partial charge in [0.25, 0.3) is 0 Å². The lowest BCUT2D eigenvalue weighted by molar-refractivity contribution is 0.522. The molecule has 3 nitrogen and oxygen atoms in total. The predicted octanol–water partition coefficient (Wildman–Crippen LogP) is 4.47. The summed E-state index contributed by atoms with van der Waals surface area (Å²) in [6, 6.07) is 8.53. The molecule has 1 aliphatic heterocycles. The smallest absolute Gasteiger partial charge is 0.115 e. The summed E-state index contributed by atoms with van der Waals surface area (Å²) in [4.78, 5) is 5.97. The molecule has 4 heteroatoms. The summed E-state index contributed by atoms with van der Waals surface area (Å²) >= 11 is 1.92. The molecule has 110 valence electrons. The summed E-state index contributed by atoms with van der Waals surface area (Å²) in [6.07, 6.45) is 4.66. The van der Waals surface area contributed by atoms with Gasteiger partial charge in [-0.25, -0.2) is 0 Å². The van der Waals surface area contributed by atoms with Crippen molar-refractivity contribution in [3.8, 4) is 0 Å². The van der Waals surface area contributed by atoms with Gasteiger partial charge in [-0.15, -0.1) is 11.8 Å². The van der Waals surface area contributed by atoms with Crippen LogP contribution in [0.1, 0.15) is 46.5 Å². The Morgan fingerprint density at radius 3 is 2.85 bits per heavy atom. The maximum atomic E-state index is 4.66. The number of hydrazine groups is 1. The van der Waals surface area contributed by atoms with Crippen LogP contribution in [0.25, 0.3) is 0 Å². The first-order chi connectivity index (χ1) is 9.59. The van der Waals surface area contributed by atoms with Crippen LogP contribution in [0, 0.1) is 0 Å². The molecular formula is C16H25N3S. The summed E-state index contributed by atoms with van der Waals surface area (Å²) in [5.74, 6) is 2.24. The molecule has 0 saturated carbocycles. The van der Waals surface area contributed by atoms with Crippen LogP contribution in [0.4, 0.5) is 5.69 Å². The maximum absolute atomic E-state index is 4.66. The highest BCUT2D eigenvalue weighted by molar-refractivity contribution is 7.99. The van der Waals surface area contributed by atoms with Crippen molar-refractivity contribution in [3.05, 3.63) is 24.3 Å². The Morgan fingerprint density at radius 1 is 1.30 bits per heavy atom. The van der Waals surface area contributed by atoms with Gasteiger partial charge in [0.05, 0.1) is 11.2 Å². The fourth-order valence-corrected chi connectivity index (χ4v) is 3.19. The molecule has 1 aromatic rings. The van der Waals surface area contributed by atoms with Gasteiger partial charge in [0.1, 0.15) is 5.84 Å². The second kappa shape index (κ2) is 7.02. The lowest BCUT2D eigenvalue weighted by atomic mass is 10.0. The average molecular weight is 291 g/mol. The normalized spacial score (nSPS) is 16.9. The number of amidine groups is 1. The molecule has 0 radical (unpaired) electrons. The molecule has 0 fully saturated rings. The highest BCUT2D eigenvalue weighted by atomic mass is 32.2. The molecule has 2 rings (SSSR count). The number of hydrogen-bond donors (Lipinski definition) is 2. The fraction of sp³-hybridized carbons (Fsp3) is 0.562. The van der Waals surface area contributed by atoms with E-state index >= 15 is 0 Å². The minimum absolute atomic E-state index is 0.0852. The van der Waals surface area contributed by atoms with Crippen molar-refractivity contribution in [2.24, 2.45) is 4.99 Å². The number of thioether (sulfide) groups is 1. The van der Waals surface area contributed by atoms with Crippen molar-refractivity contribution < 1.29 is 0 Å². The van der Waals surface area contributed by atoms with Crippen LogP contribution in [-0.2, 0) is 0 Å². The third-order valence-corrected chi connectivity index (χ3v) is 4.44. The van der Waals surface area contributed by atoms with Gasteiger partial charge >= 0.3 is 0 Å². The van der Waals surface area contributed by atoms with Gasteiger partial charge in [-0.05, 0) is 50.6 Å². The van der Waals surface area contributed by atoms with Crippen molar-refractivity contribution in [2.45, 2.75) is 56.9 Å². The molecule has 20 heavy (non-hydrogen) atoms. The molecule has 0 atom stereocenters. The van der Waals surface area contributed by atoms with E-state index in [9.17, 15) is 0 Å². The van der Waals surface area contributed by atoms with Gasteiger partial charge in [-0.1, -0.05) is 19.4 Å². The van der Waals surface area contributed by atoms with E-state index in [0.717, 1.165) is 24.4 Å². The summed E-state index contributed by atoms with van der Waals surface area (Å²) < 4.78 is 0. The Labute approximate surface area is 126 Å². The van der Waals surface area contributed by atoms with Crippen molar-refractivity contribution in [1.29, 1.82) is 0 Å². The molecule has 0 amide bonds. The van der Waals surface area contributed by atoms with Crippen LogP contribution in [-0.4, -0.2) is 17.1 Å². The highest BCUT2D eigenvalue weighted by Crippen LogP contribution is 2.24. The number of nitrogens with zero attached hydrogens (tertiary/aromatic N) is 1. The average Bonchev–Trinajstić information content (AvgIpc) is 2.77. The van der Waals surface area contributed by atoms with Gasteiger partial charge < -0.3 is 0 Å². The standard InChI is InChI=1S/C16H25N3S/c1-4-5-11-20-14-8-6-7-13(12-14)18-19-15-9-10-16(2,3)17-15/h6-8,12,18H,4-5,9-11H2,1-3H3,(H,17,19). The lowest BCUT2D eigenvalue weighted by Gasteiger charge is -2.12.